The van der Waals surface area contributed by atoms with Crippen molar-refractivity contribution in [2.75, 3.05) is 6.54 Å². The molecule has 5 heteroatoms. The Bertz CT molecular complexity index is 368. The van der Waals surface area contributed by atoms with Gasteiger partial charge in [-0.3, -0.25) is 0 Å². The minimum Gasteiger partial charge on any atom is -0.310 e. The van der Waals surface area contributed by atoms with E-state index in [2.05, 4.69) is 5.32 Å². The molecule has 1 unspecified atom stereocenters. The average Bonchev–Trinajstić information content (AvgIpc) is 1.97. The zero-order valence-corrected chi connectivity index (χ0v) is 7.74. The van der Waals surface area contributed by atoms with E-state index in [0.717, 1.165) is 25.1 Å². The van der Waals surface area contributed by atoms with Crippen molar-refractivity contribution in [3.05, 3.63) is 35.1 Å². The summed E-state index contributed by atoms with van der Waals surface area (Å²) in [6.45, 7) is 0.827. The van der Waals surface area contributed by atoms with Crippen LogP contribution >= 0.6 is 0 Å². The molecule has 0 spiro atoms. The molecule has 0 amide bonds. The fourth-order valence-corrected chi connectivity index (χ4v) is 1.55. The maximum absolute atomic E-state index is 13.1. The second-order valence-corrected chi connectivity index (χ2v) is 3.53. The number of halogens is 4. The van der Waals surface area contributed by atoms with Crippen LogP contribution in [-0.4, -0.2) is 6.54 Å². The van der Waals surface area contributed by atoms with Crippen molar-refractivity contribution in [2.24, 2.45) is 0 Å². The van der Waals surface area contributed by atoms with Gasteiger partial charge < -0.3 is 5.32 Å². The third-order valence-corrected chi connectivity index (χ3v) is 2.52. The largest absolute Gasteiger partial charge is 0.419 e. The third kappa shape index (κ3) is 1.97. The van der Waals surface area contributed by atoms with Crippen molar-refractivity contribution >= 4 is 0 Å². The topological polar surface area (TPSA) is 12.0 Å². The number of benzene rings is 1. The van der Waals surface area contributed by atoms with Crippen LogP contribution in [0.3, 0.4) is 0 Å². The van der Waals surface area contributed by atoms with Crippen LogP contribution in [0, 0.1) is 5.82 Å². The number of nitrogens with one attached hydrogen (secondary N) is 1. The first-order chi connectivity index (χ1) is 6.98. The predicted octanol–water partition coefficient (Wildman–Crippen LogP) is 2.88. The summed E-state index contributed by atoms with van der Waals surface area (Å²) in [6.07, 6.45) is -3.78. The molecule has 1 aromatic rings. The Morgan fingerprint density at radius 1 is 1.27 bits per heavy atom. The lowest BCUT2D eigenvalue weighted by Crippen LogP contribution is -2.35. The first-order valence-electron chi connectivity index (χ1n) is 4.58. The highest BCUT2D eigenvalue weighted by Gasteiger charge is 2.34. The summed E-state index contributed by atoms with van der Waals surface area (Å²) in [5, 5.41) is 3.00. The second kappa shape index (κ2) is 3.48. The van der Waals surface area contributed by atoms with Crippen molar-refractivity contribution in [2.45, 2.75) is 18.6 Å². The van der Waals surface area contributed by atoms with Crippen LogP contribution < -0.4 is 5.32 Å². The molecule has 0 aromatic heterocycles. The van der Waals surface area contributed by atoms with Crippen LogP contribution in [0.5, 0.6) is 0 Å². The molecular weight excluding hydrogens is 210 g/mol. The van der Waals surface area contributed by atoms with Gasteiger partial charge >= 0.3 is 6.18 Å². The minimum atomic E-state index is -4.62. The molecule has 0 bridgehead atoms. The Labute approximate surface area is 84.1 Å². The summed E-state index contributed by atoms with van der Waals surface area (Å²) in [4.78, 5) is 0. The second-order valence-electron chi connectivity index (χ2n) is 3.53. The first kappa shape index (κ1) is 10.4. The van der Waals surface area contributed by atoms with E-state index in [9.17, 15) is 17.6 Å². The number of rotatable bonds is 1. The van der Waals surface area contributed by atoms with Crippen molar-refractivity contribution in [3.8, 4) is 0 Å². The quantitative estimate of drug-likeness (QED) is 0.716. The zero-order valence-electron chi connectivity index (χ0n) is 7.74. The van der Waals surface area contributed by atoms with Crippen molar-refractivity contribution in [1.29, 1.82) is 0 Å². The fourth-order valence-electron chi connectivity index (χ4n) is 1.55. The molecule has 1 aliphatic heterocycles. The molecule has 1 fully saturated rings. The highest BCUT2D eigenvalue weighted by atomic mass is 19.4. The number of hydrogen-bond acceptors (Lipinski definition) is 1. The van der Waals surface area contributed by atoms with Crippen molar-refractivity contribution in [1.82, 2.24) is 5.32 Å². The molecule has 2 rings (SSSR count). The van der Waals surface area contributed by atoms with Gasteiger partial charge in [-0.2, -0.15) is 13.2 Å². The van der Waals surface area contributed by atoms with Gasteiger partial charge in [0.1, 0.15) is 5.82 Å². The Morgan fingerprint density at radius 2 is 1.93 bits per heavy atom. The minimum absolute atomic E-state index is 0.00165. The van der Waals surface area contributed by atoms with E-state index in [1.54, 1.807) is 0 Å². The molecule has 0 radical (unpaired) electrons. The van der Waals surface area contributed by atoms with Crippen molar-refractivity contribution in [3.63, 3.8) is 0 Å². The smallest absolute Gasteiger partial charge is 0.310 e. The third-order valence-electron chi connectivity index (χ3n) is 2.52. The molecule has 15 heavy (non-hydrogen) atoms. The standard InChI is InChI=1S/C10H9F4N/c11-8-5-6(9-3-4-15-9)1-2-7(8)10(12,13)14/h1-2,5,9,15H,3-4H2. The highest BCUT2D eigenvalue weighted by molar-refractivity contribution is 5.29. The van der Waals surface area contributed by atoms with Crippen LogP contribution in [0.4, 0.5) is 17.6 Å². The molecule has 82 valence electrons. The molecule has 1 aliphatic rings. The molecule has 1 nitrogen and oxygen atoms in total. The Hall–Kier alpha value is -1.10. The number of hydrogen-bond donors (Lipinski definition) is 1. The van der Waals surface area contributed by atoms with Gasteiger partial charge in [0.25, 0.3) is 0 Å². The highest BCUT2D eigenvalue weighted by Crippen LogP contribution is 2.33. The molecule has 0 aliphatic carbocycles. The maximum Gasteiger partial charge on any atom is 0.419 e. The van der Waals surface area contributed by atoms with Crippen molar-refractivity contribution < 1.29 is 17.6 Å². The summed E-state index contributed by atoms with van der Waals surface area (Å²) >= 11 is 0. The van der Waals surface area contributed by atoms with E-state index in [1.165, 1.54) is 6.07 Å². The van der Waals surface area contributed by atoms with Crippen LogP contribution in [0.2, 0.25) is 0 Å². The van der Waals surface area contributed by atoms with Gasteiger partial charge in [-0.25, -0.2) is 4.39 Å². The molecule has 1 aromatic carbocycles. The van der Waals surface area contributed by atoms with Gasteiger partial charge in [0.05, 0.1) is 5.56 Å². The Morgan fingerprint density at radius 3 is 2.33 bits per heavy atom. The monoisotopic (exact) mass is 219 g/mol. The Balaban J connectivity index is 2.30. The summed E-state index contributed by atoms with van der Waals surface area (Å²) in [6, 6.07) is 3.08. The molecule has 0 saturated carbocycles. The summed E-state index contributed by atoms with van der Waals surface area (Å²) in [5.41, 5.74) is -0.627. The lowest BCUT2D eigenvalue weighted by Gasteiger charge is -2.28. The van der Waals surface area contributed by atoms with Gasteiger partial charge in [0.15, 0.2) is 0 Å². The summed E-state index contributed by atoms with van der Waals surface area (Å²) in [7, 11) is 0. The molecule has 1 heterocycles. The van der Waals surface area contributed by atoms with Crippen LogP contribution in [0.25, 0.3) is 0 Å². The lowest BCUT2D eigenvalue weighted by molar-refractivity contribution is -0.140. The molecular formula is C10H9F4N. The molecule has 1 N–H and O–H groups in total. The first-order valence-corrected chi connectivity index (χ1v) is 4.58. The van der Waals surface area contributed by atoms with Crippen LogP contribution in [0.15, 0.2) is 18.2 Å². The van der Waals surface area contributed by atoms with E-state index < -0.39 is 17.6 Å². The Kier molecular flexibility index (Phi) is 2.42. The van der Waals surface area contributed by atoms with E-state index in [0.29, 0.717) is 5.56 Å². The predicted molar refractivity (Wildman–Crippen MR) is 46.8 cm³/mol. The fraction of sp³-hybridized carbons (Fsp3) is 0.400. The van der Waals surface area contributed by atoms with Gasteiger partial charge in [-0.15, -0.1) is 0 Å². The molecule has 1 saturated heterocycles. The number of alkyl halides is 3. The van der Waals surface area contributed by atoms with Gasteiger partial charge in [-0.1, -0.05) is 6.07 Å². The van der Waals surface area contributed by atoms with E-state index in [-0.39, 0.29) is 6.04 Å². The zero-order chi connectivity index (χ0) is 11.1. The van der Waals surface area contributed by atoms with Gasteiger partial charge in [-0.05, 0) is 30.7 Å². The van der Waals surface area contributed by atoms with E-state index in [1.807, 2.05) is 0 Å². The van der Waals surface area contributed by atoms with Crippen LogP contribution in [-0.2, 0) is 6.18 Å². The van der Waals surface area contributed by atoms with Crippen LogP contribution in [0.1, 0.15) is 23.6 Å². The van der Waals surface area contributed by atoms with E-state index >= 15 is 0 Å². The summed E-state index contributed by atoms with van der Waals surface area (Å²) < 4.78 is 49.8. The summed E-state index contributed by atoms with van der Waals surface area (Å²) in [5.74, 6) is -1.20. The maximum atomic E-state index is 13.1. The molecule has 1 atom stereocenters. The van der Waals surface area contributed by atoms with Gasteiger partial charge in [0, 0.05) is 6.04 Å². The van der Waals surface area contributed by atoms with Gasteiger partial charge in [0.2, 0.25) is 0 Å². The SMILES string of the molecule is Fc1cc(C2CCN2)ccc1C(F)(F)F. The van der Waals surface area contributed by atoms with E-state index in [4.69, 9.17) is 0 Å². The lowest BCUT2D eigenvalue weighted by atomic mass is 9.97. The normalized spacial score (nSPS) is 21.2. The average molecular weight is 219 g/mol.